The van der Waals surface area contributed by atoms with Crippen LogP contribution in [0.1, 0.15) is 5.56 Å². The molecule has 0 fully saturated rings. The van der Waals surface area contributed by atoms with Gasteiger partial charge in [0.25, 0.3) is 0 Å². The summed E-state index contributed by atoms with van der Waals surface area (Å²) in [5.74, 6) is -1.06. The molecule has 0 unspecified atom stereocenters. The third-order valence-corrected chi connectivity index (χ3v) is 3.17. The standard InChI is InChI=1S/C18H19FN2O3/c19-15-6-8-16(9-7-15)21-18(23)13-24-12-17(22)20-11-10-14-4-2-1-3-5-14/h1-9H,10-13H2,(H,20,22)(H,21,23). The minimum Gasteiger partial charge on any atom is -0.362 e. The van der Waals surface area contributed by atoms with E-state index < -0.39 is 5.91 Å². The Morgan fingerprint density at radius 1 is 0.917 bits per heavy atom. The highest BCUT2D eigenvalue weighted by Gasteiger charge is 2.06. The molecule has 0 spiro atoms. The number of ether oxygens (including phenoxy) is 1. The third kappa shape index (κ3) is 6.58. The number of carbonyl (C=O) groups excluding carboxylic acids is 2. The van der Waals surface area contributed by atoms with Crippen LogP contribution in [0.4, 0.5) is 10.1 Å². The van der Waals surface area contributed by atoms with Gasteiger partial charge in [0, 0.05) is 12.2 Å². The van der Waals surface area contributed by atoms with Crippen molar-refractivity contribution < 1.29 is 18.7 Å². The van der Waals surface area contributed by atoms with E-state index in [-0.39, 0.29) is 24.9 Å². The topological polar surface area (TPSA) is 67.4 Å². The number of amides is 2. The van der Waals surface area contributed by atoms with Crippen LogP contribution < -0.4 is 10.6 Å². The molecule has 2 rings (SSSR count). The van der Waals surface area contributed by atoms with Gasteiger partial charge in [-0.15, -0.1) is 0 Å². The van der Waals surface area contributed by atoms with E-state index in [1.165, 1.54) is 24.3 Å². The maximum absolute atomic E-state index is 12.7. The van der Waals surface area contributed by atoms with Crippen molar-refractivity contribution in [3.05, 3.63) is 66.0 Å². The monoisotopic (exact) mass is 330 g/mol. The van der Waals surface area contributed by atoms with Crippen molar-refractivity contribution in [2.24, 2.45) is 0 Å². The van der Waals surface area contributed by atoms with Gasteiger partial charge >= 0.3 is 0 Å². The number of halogens is 1. The fraction of sp³-hybridized carbons (Fsp3) is 0.222. The molecule has 0 aliphatic carbocycles. The van der Waals surface area contributed by atoms with Crippen LogP contribution in [0.5, 0.6) is 0 Å². The number of hydrogen-bond acceptors (Lipinski definition) is 3. The van der Waals surface area contributed by atoms with Crippen LogP contribution in [-0.2, 0) is 20.7 Å². The summed E-state index contributed by atoms with van der Waals surface area (Å²) in [6, 6.07) is 15.2. The molecular formula is C18H19FN2O3. The Labute approximate surface area is 139 Å². The van der Waals surface area contributed by atoms with Crippen molar-refractivity contribution in [2.75, 3.05) is 25.1 Å². The summed E-state index contributed by atoms with van der Waals surface area (Å²) in [5.41, 5.74) is 1.61. The van der Waals surface area contributed by atoms with Crippen LogP contribution in [0.15, 0.2) is 54.6 Å². The fourth-order valence-electron chi connectivity index (χ4n) is 2.01. The second-order valence-corrected chi connectivity index (χ2v) is 5.13. The summed E-state index contributed by atoms with van der Waals surface area (Å²) in [5, 5.41) is 5.27. The van der Waals surface area contributed by atoms with Crippen molar-refractivity contribution in [3.63, 3.8) is 0 Å². The van der Waals surface area contributed by atoms with Gasteiger partial charge < -0.3 is 15.4 Å². The van der Waals surface area contributed by atoms with Gasteiger partial charge in [-0.2, -0.15) is 0 Å². The van der Waals surface area contributed by atoms with E-state index in [0.29, 0.717) is 12.2 Å². The molecule has 2 aromatic carbocycles. The molecular weight excluding hydrogens is 311 g/mol. The van der Waals surface area contributed by atoms with Crippen LogP contribution in [0.2, 0.25) is 0 Å². The number of benzene rings is 2. The first-order valence-electron chi connectivity index (χ1n) is 7.57. The summed E-state index contributed by atoms with van der Waals surface area (Å²) in [6.07, 6.45) is 0.734. The van der Waals surface area contributed by atoms with Crippen molar-refractivity contribution in [1.29, 1.82) is 0 Å². The number of nitrogens with one attached hydrogen (secondary N) is 2. The van der Waals surface area contributed by atoms with Crippen molar-refractivity contribution >= 4 is 17.5 Å². The van der Waals surface area contributed by atoms with E-state index in [2.05, 4.69) is 10.6 Å². The molecule has 126 valence electrons. The molecule has 2 N–H and O–H groups in total. The molecule has 5 nitrogen and oxygen atoms in total. The summed E-state index contributed by atoms with van der Waals surface area (Å²) in [6.45, 7) is 0.0725. The average molecular weight is 330 g/mol. The van der Waals surface area contributed by atoms with Gasteiger partial charge in [0.2, 0.25) is 11.8 Å². The largest absolute Gasteiger partial charge is 0.362 e. The van der Waals surface area contributed by atoms with Crippen LogP contribution in [0, 0.1) is 5.82 Å². The molecule has 0 heterocycles. The lowest BCUT2D eigenvalue weighted by atomic mass is 10.1. The first kappa shape index (κ1) is 17.6. The first-order valence-corrected chi connectivity index (χ1v) is 7.57. The Morgan fingerprint density at radius 2 is 1.58 bits per heavy atom. The third-order valence-electron chi connectivity index (χ3n) is 3.17. The van der Waals surface area contributed by atoms with Crippen LogP contribution in [0.3, 0.4) is 0 Å². The predicted octanol–water partition coefficient (Wildman–Crippen LogP) is 2.14. The molecule has 0 aliphatic heterocycles. The molecule has 24 heavy (non-hydrogen) atoms. The van der Waals surface area contributed by atoms with E-state index >= 15 is 0 Å². The van der Waals surface area contributed by atoms with E-state index in [0.717, 1.165) is 12.0 Å². The minimum absolute atomic E-state index is 0.189. The summed E-state index contributed by atoms with van der Waals surface area (Å²) in [7, 11) is 0. The maximum atomic E-state index is 12.7. The zero-order valence-corrected chi connectivity index (χ0v) is 13.1. The SMILES string of the molecule is O=C(COCC(=O)Nc1ccc(F)cc1)NCCc1ccccc1. The highest BCUT2D eigenvalue weighted by molar-refractivity contribution is 5.91. The average Bonchev–Trinajstić information content (AvgIpc) is 2.58. The Kier molecular flexibility index (Phi) is 6.91. The van der Waals surface area contributed by atoms with E-state index in [4.69, 9.17) is 4.74 Å². The van der Waals surface area contributed by atoms with E-state index in [9.17, 15) is 14.0 Å². The fourth-order valence-corrected chi connectivity index (χ4v) is 2.01. The van der Waals surface area contributed by atoms with E-state index in [1.807, 2.05) is 30.3 Å². The zero-order chi connectivity index (χ0) is 17.2. The predicted molar refractivity (Wildman–Crippen MR) is 89.0 cm³/mol. The second kappa shape index (κ2) is 9.42. The molecule has 0 bridgehead atoms. The Bertz CT molecular complexity index is 660. The van der Waals surface area contributed by atoms with Gasteiger partial charge in [0.05, 0.1) is 0 Å². The van der Waals surface area contributed by atoms with Crippen LogP contribution in [0.25, 0.3) is 0 Å². The lowest BCUT2D eigenvalue weighted by Gasteiger charge is -2.07. The molecule has 0 saturated carbocycles. The lowest BCUT2D eigenvalue weighted by Crippen LogP contribution is -2.31. The van der Waals surface area contributed by atoms with Gasteiger partial charge in [-0.05, 0) is 36.2 Å². The van der Waals surface area contributed by atoms with Crippen LogP contribution >= 0.6 is 0 Å². The number of hydrogen-bond donors (Lipinski definition) is 2. The number of carbonyl (C=O) groups is 2. The molecule has 0 atom stereocenters. The number of anilines is 1. The van der Waals surface area contributed by atoms with Crippen molar-refractivity contribution in [3.8, 4) is 0 Å². The van der Waals surface area contributed by atoms with Crippen molar-refractivity contribution in [2.45, 2.75) is 6.42 Å². The van der Waals surface area contributed by atoms with E-state index in [1.54, 1.807) is 0 Å². The maximum Gasteiger partial charge on any atom is 0.250 e. The van der Waals surface area contributed by atoms with Gasteiger partial charge in [-0.3, -0.25) is 9.59 Å². The summed E-state index contributed by atoms with van der Waals surface area (Å²) in [4.78, 5) is 23.2. The normalized spacial score (nSPS) is 10.2. The highest BCUT2D eigenvalue weighted by atomic mass is 19.1. The van der Waals surface area contributed by atoms with Gasteiger partial charge in [0.15, 0.2) is 0 Å². The molecule has 2 aromatic rings. The smallest absolute Gasteiger partial charge is 0.250 e. The Hall–Kier alpha value is -2.73. The molecule has 0 radical (unpaired) electrons. The van der Waals surface area contributed by atoms with Gasteiger partial charge in [0.1, 0.15) is 19.0 Å². The second-order valence-electron chi connectivity index (χ2n) is 5.13. The zero-order valence-electron chi connectivity index (χ0n) is 13.1. The molecule has 6 heteroatoms. The molecule has 0 aliphatic rings. The molecule has 2 amide bonds. The summed E-state index contributed by atoms with van der Waals surface area (Å²) < 4.78 is 17.8. The first-order chi connectivity index (χ1) is 11.6. The minimum atomic E-state index is -0.404. The van der Waals surface area contributed by atoms with Crippen molar-refractivity contribution in [1.82, 2.24) is 5.32 Å². The summed E-state index contributed by atoms with van der Waals surface area (Å²) >= 11 is 0. The quantitative estimate of drug-likeness (QED) is 0.779. The Morgan fingerprint density at radius 3 is 2.29 bits per heavy atom. The molecule has 0 aromatic heterocycles. The van der Waals surface area contributed by atoms with Gasteiger partial charge in [-0.1, -0.05) is 30.3 Å². The van der Waals surface area contributed by atoms with Gasteiger partial charge in [-0.25, -0.2) is 4.39 Å². The Balaban J connectivity index is 1.58. The highest BCUT2D eigenvalue weighted by Crippen LogP contribution is 2.07. The lowest BCUT2D eigenvalue weighted by molar-refractivity contribution is -0.128. The number of rotatable bonds is 8. The van der Waals surface area contributed by atoms with Crippen LogP contribution in [-0.4, -0.2) is 31.6 Å². The molecule has 0 saturated heterocycles.